The Kier molecular flexibility index (Phi) is 5.77. The van der Waals surface area contributed by atoms with Crippen LogP contribution in [0.1, 0.15) is 12.0 Å². The molecule has 0 aliphatic heterocycles. The maximum Gasteiger partial charge on any atom is 0.224 e. The van der Waals surface area contributed by atoms with Crippen LogP contribution in [0.15, 0.2) is 36.4 Å². The van der Waals surface area contributed by atoms with Gasteiger partial charge in [-0.05, 0) is 42.3 Å². The molecule has 0 saturated carbocycles. The SMILES string of the molecule is O=C(CCc1c(Cl)cccc1Cl)Nc1cc(Cl)cc(Cl)c1. The molecule has 0 bridgehead atoms. The van der Waals surface area contributed by atoms with Crippen molar-refractivity contribution in [2.45, 2.75) is 12.8 Å². The van der Waals surface area contributed by atoms with Crippen molar-refractivity contribution in [3.8, 4) is 0 Å². The molecule has 0 fully saturated rings. The van der Waals surface area contributed by atoms with Gasteiger partial charge in [-0.15, -0.1) is 0 Å². The van der Waals surface area contributed by atoms with Crippen molar-refractivity contribution < 1.29 is 4.79 Å². The molecule has 110 valence electrons. The molecule has 0 aliphatic rings. The van der Waals surface area contributed by atoms with E-state index in [1.54, 1.807) is 36.4 Å². The van der Waals surface area contributed by atoms with Crippen LogP contribution in [0.3, 0.4) is 0 Å². The van der Waals surface area contributed by atoms with Gasteiger partial charge in [0.15, 0.2) is 0 Å². The van der Waals surface area contributed by atoms with Crippen LogP contribution in [0, 0.1) is 0 Å². The number of halogens is 4. The average Bonchev–Trinajstić information content (AvgIpc) is 2.36. The third kappa shape index (κ3) is 4.79. The van der Waals surface area contributed by atoms with E-state index in [2.05, 4.69) is 5.32 Å². The molecule has 1 amide bonds. The topological polar surface area (TPSA) is 29.1 Å². The number of hydrogen-bond donors (Lipinski definition) is 1. The molecule has 2 nitrogen and oxygen atoms in total. The van der Waals surface area contributed by atoms with E-state index in [0.717, 1.165) is 5.56 Å². The molecule has 0 heterocycles. The van der Waals surface area contributed by atoms with Gasteiger partial charge in [-0.2, -0.15) is 0 Å². The van der Waals surface area contributed by atoms with E-state index in [-0.39, 0.29) is 12.3 Å². The minimum absolute atomic E-state index is 0.163. The summed E-state index contributed by atoms with van der Waals surface area (Å²) in [6.07, 6.45) is 0.715. The number of carbonyl (C=O) groups is 1. The fraction of sp³-hybridized carbons (Fsp3) is 0.133. The molecule has 0 radical (unpaired) electrons. The zero-order chi connectivity index (χ0) is 15.4. The van der Waals surface area contributed by atoms with Crippen molar-refractivity contribution >= 4 is 58.0 Å². The summed E-state index contributed by atoms with van der Waals surface area (Å²) >= 11 is 23.9. The molecule has 6 heteroatoms. The summed E-state index contributed by atoms with van der Waals surface area (Å²) in [6.45, 7) is 0. The smallest absolute Gasteiger partial charge is 0.224 e. The van der Waals surface area contributed by atoms with Gasteiger partial charge in [0.25, 0.3) is 0 Å². The first-order chi connectivity index (χ1) is 9.95. The van der Waals surface area contributed by atoms with Crippen LogP contribution < -0.4 is 5.32 Å². The van der Waals surface area contributed by atoms with Crippen molar-refractivity contribution in [2.75, 3.05) is 5.32 Å². The van der Waals surface area contributed by atoms with E-state index in [4.69, 9.17) is 46.4 Å². The molecule has 0 unspecified atom stereocenters. The molecule has 21 heavy (non-hydrogen) atoms. The second kappa shape index (κ2) is 7.37. The van der Waals surface area contributed by atoms with E-state index in [1.807, 2.05) is 0 Å². The van der Waals surface area contributed by atoms with Crippen molar-refractivity contribution in [1.82, 2.24) is 0 Å². The monoisotopic (exact) mass is 361 g/mol. The van der Waals surface area contributed by atoms with Gasteiger partial charge in [0.2, 0.25) is 5.91 Å². The lowest BCUT2D eigenvalue weighted by Crippen LogP contribution is -2.12. The Hall–Kier alpha value is -0.930. The predicted molar refractivity (Wildman–Crippen MR) is 89.9 cm³/mol. The average molecular weight is 363 g/mol. The molecular weight excluding hydrogens is 352 g/mol. The van der Waals surface area contributed by atoms with Crippen LogP contribution >= 0.6 is 46.4 Å². The predicted octanol–water partition coefficient (Wildman–Crippen LogP) is 5.87. The zero-order valence-corrected chi connectivity index (χ0v) is 13.8. The van der Waals surface area contributed by atoms with Gasteiger partial charge in [-0.25, -0.2) is 0 Å². The quantitative estimate of drug-likeness (QED) is 0.723. The molecule has 0 aliphatic carbocycles. The summed E-state index contributed by atoms with van der Waals surface area (Å²) < 4.78 is 0. The molecular formula is C15H11Cl4NO. The summed E-state index contributed by atoms with van der Waals surface area (Å²) in [5, 5.41) is 4.78. The number of carbonyl (C=O) groups excluding carboxylic acids is 1. The van der Waals surface area contributed by atoms with E-state index in [1.165, 1.54) is 0 Å². The largest absolute Gasteiger partial charge is 0.326 e. The summed E-state index contributed by atoms with van der Waals surface area (Å²) in [5.41, 5.74) is 1.32. The Labute approximate surface area is 143 Å². The van der Waals surface area contributed by atoms with Gasteiger partial charge in [0.1, 0.15) is 0 Å². The summed E-state index contributed by atoms with van der Waals surface area (Å²) in [5.74, 6) is -0.163. The van der Waals surface area contributed by atoms with Crippen molar-refractivity contribution in [3.05, 3.63) is 62.1 Å². The summed E-state index contributed by atoms with van der Waals surface area (Å²) in [7, 11) is 0. The molecule has 0 saturated heterocycles. The number of hydrogen-bond acceptors (Lipinski definition) is 1. The van der Waals surface area contributed by atoms with Crippen LogP contribution in [0.25, 0.3) is 0 Å². The van der Waals surface area contributed by atoms with Crippen LogP contribution in [-0.2, 0) is 11.2 Å². The Balaban J connectivity index is 1.99. The van der Waals surface area contributed by atoms with E-state index >= 15 is 0 Å². The first-order valence-corrected chi connectivity index (χ1v) is 7.66. The van der Waals surface area contributed by atoms with Crippen LogP contribution in [-0.4, -0.2) is 5.91 Å². The van der Waals surface area contributed by atoms with Gasteiger partial charge < -0.3 is 5.32 Å². The highest BCUT2D eigenvalue weighted by molar-refractivity contribution is 6.36. The van der Waals surface area contributed by atoms with Crippen molar-refractivity contribution in [1.29, 1.82) is 0 Å². The van der Waals surface area contributed by atoms with Gasteiger partial charge in [-0.1, -0.05) is 52.5 Å². The molecule has 0 spiro atoms. The Bertz CT molecular complexity index is 632. The summed E-state index contributed by atoms with van der Waals surface area (Å²) in [4.78, 5) is 11.9. The number of nitrogens with one attached hydrogen (secondary N) is 1. The van der Waals surface area contributed by atoms with Crippen LogP contribution in [0.5, 0.6) is 0 Å². The number of benzene rings is 2. The Morgan fingerprint density at radius 1 is 0.952 bits per heavy atom. The summed E-state index contributed by atoms with van der Waals surface area (Å²) in [6, 6.07) is 10.1. The minimum atomic E-state index is -0.163. The van der Waals surface area contributed by atoms with Gasteiger partial charge >= 0.3 is 0 Å². The maximum atomic E-state index is 11.9. The maximum absolute atomic E-state index is 11.9. The zero-order valence-electron chi connectivity index (χ0n) is 10.8. The molecule has 0 atom stereocenters. The molecule has 0 aromatic heterocycles. The van der Waals surface area contributed by atoms with Crippen LogP contribution in [0.2, 0.25) is 20.1 Å². The Morgan fingerprint density at radius 3 is 2.10 bits per heavy atom. The minimum Gasteiger partial charge on any atom is -0.326 e. The molecule has 2 aromatic rings. The fourth-order valence-corrected chi connectivity index (χ4v) is 2.97. The lowest BCUT2D eigenvalue weighted by molar-refractivity contribution is -0.116. The third-order valence-electron chi connectivity index (χ3n) is 2.81. The Morgan fingerprint density at radius 2 is 1.52 bits per heavy atom. The number of amides is 1. The first-order valence-electron chi connectivity index (χ1n) is 6.14. The third-order valence-corrected chi connectivity index (χ3v) is 3.95. The lowest BCUT2D eigenvalue weighted by atomic mass is 10.1. The molecule has 2 aromatic carbocycles. The van der Waals surface area contributed by atoms with Crippen LogP contribution in [0.4, 0.5) is 5.69 Å². The van der Waals surface area contributed by atoms with Gasteiger partial charge in [0, 0.05) is 32.2 Å². The van der Waals surface area contributed by atoms with Gasteiger partial charge in [-0.3, -0.25) is 4.79 Å². The van der Waals surface area contributed by atoms with Crippen molar-refractivity contribution in [2.24, 2.45) is 0 Å². The highest BCUT2D eigenvalue weighted by atomic mass is 35.5. The highest BCUT2D eigenvalue weighted by Gasteiger charge is 2.09. The second-order valence-electron chi connectivity index (χ2n) is 4.41. The highest BCUT2D eigenvalue weighted by Crippen LogP contribution is 2.26. The molecule has 1 N–H and O–H groups in total. The van der Waals surface area contributed by atoms with E-state index in [0.29, 0.717) is 32.2 Å². The first kappa shape index (κ1) is 16.4. The fourth-order valence-electron chi connectivity index (χ4n) is 1.86. The van der Waals surface area contributed by atoms with E-state index < -0.39 is 0 Å². The lowest BCUT2D eigenvalue weighted by Gasteiger charge is -2.08. The second-order valence-corrected chi connectivity index (χ2v) is 6.09. The normalized spacial score (nSPS) is 10.5. The number of anilines is 1. The molecule has 2 rings (SSSR count). The number of rotatable bonds is 4. The standard InChI is InChI=1S/C15H11Cl4NO/c16-9-6-10(17)8-11(7-9)20-15(21)5-4-12-13(18)2-1-3-14(12)19/h1-3,6-8H,4-5H2,(H,20,21). The van der Waals surface area contributed by atoms with Gasteiger partial charge in [0.05, 0.1) is 0 Å². The van der Waals surface area contributed by atoms with Crippen molar-refractivity contribution in [3.63, 3.8) is 0 Å². The van der Waals surface area contributed by atoms with E-state index in [9.17, 15) is 4.79 Å².